The van der Waals surface area contributed by atoms with Gasteiger partial charge >= 0.3 is 6.01 Å². The van der Waals surface area contributed by atoms with E-state index in [2.05, 4.69) is 38.7 Å². The highest BCUT2D eigenvalue weighted by Crippen LogP contribution is 2.19. The Labute approximate surface area is 125 Å². The lowest BCUT2D eigenvalue weighted by atomic mass is 10.1. The summed E-state index contributed by atoms with van der Waals surface area (Å²) in [6, 6.07) is 0.827. The molecule has 0 N–H and O–H groups in total. The van der Waals surface area contributed by atoms with Crippen LogP contribution in [-0.4, -0.2) is 59.2 Å². The van der Waals surface area contributed by atoms with E-state index in [1.807, 2.05) is 6.92 Å². The fourth-order valence-electron chi connectivity index (χ4n) is 2.29. The normalized spacial score (nSPS) is 20.2. The third-order valence-electron chi connectivity index (χ3n) is 3.54. The van der Waals surface area contributed by atoms with Gasteiger partial charge in [-0.1, -0.05) is 13.8 Å². The van der Waals surface area contributed by atoms with Gasteiger partial charge in [0.15, 0.2) is 0 Å². The van der Waals surface area contributed by atoms with Crippen LogP contribution in [0.1, 0.15) is 26.7 Å². The Bertz CT molecular complexity index is 445. The molecule has 0 amide bonds. The molecule has 1 fully saturated rings. The molecule has 0 radical (unpaired) electrons. The number of piperazine rings is 1. The zero-order valence-corrected chi connectivity index (χ0v) is 13.1. The molecule has 20 heavy (non-hydrogen) atoms. The van der Waals surface area contributed by atoms with E-state index in [0.717, 1.165) is 32.5 Å². The summed E-state index contributed by atoms with van der Waals surface area (Å²) in [5, 5.41) is 0.188. The van der Waals surface area contributed by atoms with Crippen molar-refractivity contribution in [2.75, 3.05) is 38.2 Å². The highest BCUT2D eigenvalue weighted by molar-refractivity contribution is 6.28. The Morgan fingerprint density at radius 1 is 1.25 bits per heavy atom. The van der Waals surface area contributed by atoms with Crippen molar-refractivity contribution >= 4 is 17.5 Å². The molecule has 1 aromatic heterocycles. The second-order valence-corrected chi connectivity index (χ2v) is 5.36. The maximum atomic E-state index is 5.97. The van der Waals surface area contributed by atoms with E-state index < -0.39 is 0 Å². The van der Waals surface area contributed by atoms with Crippen LogP contribution in [0.25, 0.3) is 0 Å². The minimum atomic E-state index is 0.188. The Kier molecular flexibility index (Phi) is 5.37. The number of hydrogen-bond donors (Lipinski definition) is 0. The van der Waals surface area contributed by atoms with Crippen LogP contribution < -0.4 is 9.64 Å². The monoisotopic (exact) mass is 299 g/mol. The highest BCUT2D eigenvalue weighted by Gasteiger charge is 2.25. The largest absolute Gasteiger partial charge is 0.463 e. The maximum absolute atomic E-state index is 5.97. The summed E-state index contributed by atoms with van der Waals surface area (Å²) >= 11 is 5.97. The Morgan fingerprint density at radius 3 is 2.75 bits per heavy atom. The van der Waals surface area contributed by atoms with Crippen molar-refractivity contribution in [3.8, 4) is 6.01 Å². The van der Waals surface area contributed by atoms with Crippen molar-refractivity contribution < 1.29 is 4.74 Å². The first-order valence-electron chi connectivity index (χ1n) is 7.13. The predicted octanol–water partition coefficient (Wildman–Crippen LogP) is 1.84. The quantitative estimate of drug-likeness (QED) is 0.827. The van der Waals surface area contributed by atoms with Crippen LogP contribution in [0.3, 0.4) is 0 Å². The van der Waals surface area contributed by atoms with Crippen LogP contribution in [0.2, 0.25) is 5.28 Å². The SMILES string of the molecule is CCCOc1nc(Cl)nc(N2CCN(C)C(CC)C2)n1. The summed E-state index contributed by atoms with van der Waals surface area (Å²) in [6.45, 7) is 7.60. The van der Waals surface area contributed by atoms with Crippen LogP contribution in [-0.2, 0) is 0 Å². The molecule has 2 heterocycles. The van der Waals surface area contributed by atoms with Crippen LogP contribution in [0.4, 0.5) is 5.95 Å². The van der Waals surface area contributed by atoms with Gasteiger partial charge in [0.05, 0.1) is 6.61 Å². The number of likely N-dealkylation sites (N-methyl/N-ethyl adjacent to an activating group) is 1. The highest BCUT2D eigenvalue weighted by atomic mass is 35.5. The molecule has 1 aliphatic rings. The molecular formula is C13H22ClN5O. The molecular weight excluding hydrogens is 278 g/mol. The van der Waals surface area contributed by atoms with Crippen molar-refractivity contribution in [1.29, 1.82) is 0 Å². The minimum Gasteiger partial charge on any atom is -0.463 e. The van der Waals surface area contributed by atoms with Gasteiger partial charge in [0.2, 0.25) is 11.2 Å². The molecule has 0 bridgehead atoms. The van der Waals surface area contributed by atoms with Gasteiger partial charge in [0, 0.05) is 25.7 Å². The van der Waals surface area contributed by atoms with Crippen LogP contribution in [0.15, 0.2) is 0 Å². The zero-order valence-electron chi connectivity index (χ0n) is 12.3. The van der Waals surface area contributed by atoms with Crippen molar-refractivity contribution in [2.45, 2.75) is 32.7 Å². The number of ether oxygens (including phenoxy) is 1. The topological polar surface area (TPSA) is 54.4 Å². The standard InChI is InChI=1S/C13H22ClN5O/c1-4-8-20-13-16-11(14)15-12(17-13)19-7-6-18(3)10(5-2)9-19/h10H,4-9H2,1-3H3. The van der Waals surface area contributed by atoms with Gasteiger partial charge in [-0.15, -0.1) is 0 Å². The van der Waals surface area contributed by atoms with Crippen molar-refractivity contribution in [3.63, 3.8) is 0 Å². The fraction of sp³-hybridized carbons (Fsp3) is 0.769. The number of anilines is 1. The smallest absolute Gasteiger partial charge is 0.322 e. The second kappa shape index (κ2) is 7.04. The first-order chi connectivity index (χ1) is 9.63. The van der Waals surface area contributed by atoms with Crippen LogP contribution >= 0.6 is 11.6 Å². The number of hydrogen-bond acceptors (Lipinski definition) is 6. The van der Waals surface area contributed by atoms with Gasteiger partial charge in [-0.2, -0.15) is 15.0 Å². The summed E-state index contributed by atoms with van der Waals surface area (Å²) < 4.78 is 5.46. The summed E-state index contributed by atoms with van der Waals surface area (Å²) in [4.78, 5) is 17.1. The molecule has 7 heteroatoms. The lowest BCUT2D eigenvalue weighted by Gasteiger charge is -2.39. The minimum absolute atomic E-state index is 0.188. The van der Waals surface area contributed by atoms with Crippen LogP contribution in [0.5, 0.6) is 6.01 Å². The molecule has 112 valence electrons. The van der Waals surface area contributed by atoms with Gasteiger partial charge in [-0.3, -0.25) is 4.90 Å². The van der Waals surface area contributed by atoms with Gasteiger partial charge in [-0.25, -0.2) is 0 Å². The van der Waals surface area contributed by atoms with E-state index in [0.29, 0.717) is 24.6 Å². The Balaban J connectivity index is 2.13. The molecule has 1 saturated heterocycles. The van der Waals surface area contributed by atoms with E-state index in [9.17, 15) is 0 Å². The number of halogens is 1. The summed E-state index contributed by atoms with van der Waals surface area (Å²) in [7, 11) is 2.15. The first kappa shape index (κ1) is 15.3. The molecule has 0 spiro atoms. The first-order valence-corrected chi connectivity index (χ1v) is 7.51. The predicted molar refractivity (Wildman–Crippen MR) is 79.5 cm³/mol. The molecule has 0 aromatic carbocycles. The maximum Gasteiger partial charge on any atom is 0.322 e. The van der Waals surface area contributed by atoms with E-state index in [1.165, 1.54) is 0 Å². The second-order valence-electron chi connectivity index (χ2n) is 5.02. The lowest BCUT2D eigenvalue weighted by Crippen LogP contribution is -2.51. The van der Waals surface area contributed by atoms with E-state index in [-0.39, 0.29) is 5.28 Å². The zero-order chi connectivity index (χ0) is 14.5. The van der Waals surface area contributed by atoms with Gasteiger partial charge in [0.25, 0.3) is 0 Å². The molecule has 1 unspecified atom stereocenters. The van der Waals surface area contributed by atoms with Crippen LogP contribution in [0, 0.1) is 0 Å². The molecule has 2 rings (SSSR count). The van der Waals surface area contributed by atoms with Gasteiger partial charge in [0.1, 0.15) is 0 Å². The molecule has 0 saturated carbocycles. The van der Waals surface area contributed by atoms with Crippen molar-refractivity contribution in [3.05, 3.63) is 5.28 Å². The fourth-order valence-corrected chi connectivity index (χ4v) is 2.44. The third-order valence-corrected chi connectivity index (χ3v) is 3.71. The molecule has 1 atom stereocenters. The summed E-state index contributed by atoms with van der Waals surface area (Å²) in [6.07, 6.45) is 2.01. The molecule has 6 nitrogen and oxygen atoms in total. The molecule has 1 aromatic rings. The Morgan fingerprint density at radius 2 is 2.05 bits per heavy atom. The summed E-state index contributed by atoms with van der Waals surface area (Å²) in [5.41, 5.74) is 0. The molecule has 1 aliphatic heterocycles. The van der Waals surface area contributed by atoms with Gasteiger partial charge in [-0.05, 0) is 31.5 Å². The van der Waals surface area contributed by atoms with E-state index >= 15 is 0 Å². The average molecular weight is 300 g/mol. The summed E-state index contributed by atoms with van der Waals surface area (Å²) in [5.74, 6) is 0.614. The third kappa shape index (κ3) is 3.70. The van der Waals surface area contributed by atoms with E-state index in [4.69, 9.17) is 16.3 Å². The Hall–Kier alpha value is -1.14. The van der Waals surface area contributed by atoms with Crippen molar-refractivity contribution in [1.82, 2.24) is 19.9 Å². The number of nitrogens with zero attached hydrogens (tertiary/aromatic N) is 5. The molecule has 0 aliphatic carbocycles. The number of rotatable bonds is 5. The van der Waals surface area contributed by atoms with Crippen molar-refractivity contribution in [2.24, 2.45) is 0 Å². The van der Waals surface area contributed by atoms with E-state index in [1.54, 1.807) is 0 Å². The van der Waals surface area contributed by atoms with Gasteiger partial charge < -0.3 is 9.64 Å². The number of aromatic nitrogens is 3. The average Bonchev–Trinajstić information content (AvgIpc) is 2.45. The lowest BCUT2D eigenvalue weighted by molar-refractivity contribution is 0.211.